The molecule has 1 aromatic carbocycles. The minimum Gasteiger partial charge on any atom is -0.324 e. The first-order valence-corrected chi connectivity index (χ1v) is 4.18. The Morgan fingerprint density at radius 1 is 1.33 bits per heavy atom. The van der Waals surface area contributed by atoms with E-state index in [9.17, 15) is 4.39 Å². The van der Waals surface area contributed by atoms with Gasteiger partial charge in [0, 0.05) is 11.1 Å². The van der Waals surface area contributed by atoms with Gasteiger partial charge in [-0.2, -0.15) is 0 Å². The summed E-state index contributed by atoms with van der Waals surface area (Å²) in [6, 6.07) is 2.33. The molecule has 12 heavy (non-hydrogen) atoms. The predicted molar refractivity (Wildman–Crippen MR) is 49.0 cm³/mol. The lowest BCUT2D eigenvalue weighted by Gasteiger charge is -2.08. The Morgan fingerprint density at radius 3 is 2.42 bits per heavy atom. The quantitative estimate of drug-likeness (QED) is 0.704. The van der Waals surface area contributed by atoms with Gasteiger partial charge in [-0.3, -0.25) is 0 Å². The molecular formula is C8H8Cl2FN. The lowest BCUT2D eigenvalue weighted by Crippen LogP contribution is -2.06. The fraction of sp³-hybridized carbons (Fsp3) is 0.250. The average Bonchev–Trinajstić information content (AvgIpc) is 1.96. The first-order valence-electron chi connectivity index (χ1n) is 3.42. The van der Waals surface area contributed by atoms with Crippen molar-refractivity contribution in [2.45, 2.75) is 13.0 Å². The van der Waals surface area contributed by atoms with Crippen molar-refractivity contribution in [1.82, 2.24) is 0 Å². The second kappa shape index (κ2) is 3.60. The van der Waals surface area contributed by atoms with Gasteiger partial charge in [-0.25, -0.2) is 4.39 Å². The number of nitrogens with two attached hydrogens (primary N) is 1. The van der Waals surface area contributed by atoms with Crippen LogP contribution >= 0.6 is 23.2 Å². The third kappa shape index (κ3) is 1.89. The molecule has 66 valence electrons. The van der Waals surface area contributed by atoms with Crippen LogP contribution in [0.25, 0.3) is 0 Å². The van der Waals surface area contributed by atoms with Crippen LogP contribution in [-0.2, 0) is 0 Å². The Kier molecular flexibility index (Phi) is 2.94. The zero-order chi connectivity index (χ0) is 9.30. The Bertz CT molecular complexity index is 299. The molecule has 0 aromatic heterocycles. The number of benzene rings is 1. The highest BCUT2D eigenvalue weighted by atomic mass is 35.5. The van der Waals surface area contributed by atoms with E-state index in [1.165, 1.54) is 12.1 Å². The minimum atomic E-state index is -0.492. The van der Waals surface area contributed by atoms with E-state index in [0.29, 0.717) is 10.6 Å². The predicted octanol–water partition coefficient (Wildman–Crippen LogP) is 3.15. The van der Waals surface area contributed by atoms with E-state index >= 15 is 0 Å². The lowest BCUT2D eigenvalue weighted by atomic mass is 10.1. The zero-order valence-electron chi connectivity index (χ0n) is 6.44. The minimum absolute atomic E-state index is 0.0180. The smallest absolute Gasteiger partial charge is 0.142 e. The second-order valence-electron chi connectivity index (χ2n) is 2.58. The molecule has 0 amide bonds. The van der Waals surface area contributed by atoms with Crippen molar-refractivity contribution < 1.29 is 4.39 Å². The van der Waals surface area contributed by atoms with Crippen LogP contribution < -0.4 is 5.73 Å². The van der Waals surface area contributed by atoms with E-state index in [1.54, 1.807) is 6.92 Å². The van der Waals surface area contributed by atoms with Crippen LogP contribution in [0.5, 0.6) is 0 Å². The van der Waals surface area contributed by atoms with Crippen molar-refractivity contribution in [3.05, 3.63) is 33.6 Å². The number of hydrogen-bond donors (Lipinski definition) is 1. The van der Waals surface area contributed by atoms with Crippen molar-refractivity contribution in [1.29, 1.82) is 0 Å². The average molecular weight is 208 g/mol. The van der Waals surface area contributed by atoms with Crippen molar-refractivity contribution in [3.8, 4) is 0 Å². The molecule has 0 saturated heterocycles. The fourth-order valence-corrected chi connectivity index (χ4v) is 1.44. The van der Waals surface area contributed by atoms with Crippen LogP contribution in [0.1, 0.15) is 18.5 Å². The molecule has 4 heteroatoms. The van der Waals surface area contributed by atoms with E-state index in [1.807, 2.05) is 0 Å². The number of halogens is 3. The monoisotopic (exact) mass is 207 g/mol. The van der Waals surface area contributed by atoms with Gasteiger partial charge >= 0.3 is 0 Å². The van der Waals surface area contributed by atoms with Gasteiger partial charge in [0.2, 0.25) is 0 Å². The Hall–Kier alpha value is -0.310. The highest BCUT2D eigenvalue weighted by Gasteiger charge is 2.09. The maximum Gasteiger partial charge on any atom is 0.142 e. The van der Waals surface area contributed by atoms with Gasteiger partial charge in [-0.05, 0) is 24.6 Å². The van der Waals surface area contributed by atoms with Gasteiger partial charge in [0.1, 0.15) is 5.82 Å². The highest BCUT2D eigenvalue weighted by Crippen LogP contribution is 2.27. The molecule has 1 unspecified atom stereocenters. The molecule has 0 bridgehead atoms. The zero-order valence-corrected chi connectivity index (χ0v) is 7.96. The fourth-order valence-electron chi connectivity index (χ4n) is 0.887. The molecule has 0 aliphatic heterocycles. The molecule has 1 rings (SSSR count). The summed E-state index contributed by atoms with van der Waals surface area (Å²) in [6.07, 6.45) is 0. The summed E-state index contributed by atoms with van der Waals surface area (Å²) in [5, 5.41) is 0.417. The van der Waals surface area contributed by atoms with E-state index in [-0.39, 0.29) is 11.1 Å². The van der Waals surface area contributed by atoms with Crippen LogP contribution in [0.3, 0.4) is 0 Å². The van der Waals surface area contributed by atoms with Gasteiger partial charge < -0.3 is 5.73 Å². The van der Waals surface area contributed by atoms with Crippen LogP contribution in [0, 0.1) is 5.82 Å². The van der Waals surface area contributed by atoms with Crippen LogP contribution in [0.4, 0.5) is 4.39 Å². The van der Waals surface area contributed by atoms with Crippen molar-refractivity contribution in [3.63, 3.8) is 0 Å². The SMILES string of the molecule is CC(N)c1cc(F)c(Cl)cc1Cl. The molecule has 1 nitrogen and oxygen atoms in total. The molecule has 1 atom stereocenters. The summed E-state index contributed by atoms with van der Waals surface area (Å²) in [5.74, 6) is -0.492. The van der Waals surface area contributed by atoms with Crippen LogP contribution in [0.2, 0.25) is 10.0 Å². The van der Waals surface area contributed by atoms with E-state index in [4.69, 9.17) is 28.9 Å². The molecule has 0 heterocycles. The van der Waals surface area contributed by atoms with E-state index < -0.39 is 5.82 Å². The first-order chi connectivity index (χ1) is 5.52. The third-order valence-electron chi connectivity index (χ3n) is 1.53. The molecular weight excluding hydrogens is 200 g/mol. The number of hydrogen-bond acceptors (Lipinski definition) is 1. The van der Waals surface area contributed by atoms with Crippen molar-refractivity contribution >= 4 is 23.2 Å². The summed E-state index contributed by atoms with van der Waals surface area (Å²) >= 11 is 11.3. The van der Waals surface area contributed by atoms with Gasteiger partial charge in [-0.15, -0.1) is 0 Å². The van der Waals surface area contributed by atoms with Crippen LogP contribution in [0.15, 0.2) is 12.1 Å². The summed E-state index contributed by atoms with van der Waals surface area (Å²) in [4.78, 5) is 0. The van der Waals surface area contributed by atoms with Crippen LogP contribution in [-0.4, -0.2) is 0 Å². The molecule has 0 aliphatic carbocycles. The first kappa shape index (κ1) is 9.78. The molecule has 1 aromatic rings. The highest BCUT2D eigenvalue weighted by molar-refractivity contribution is 6.35. The molecule has 0 fully saturated rings. The topological polar surface area (TPSA) is 26.0 Å². The molecule has 0 spiro atoms. The Balaban J connectivity index is 3.23. The Morgan fingerprint density at radius 2 is 1.92 bits per heavy atom. The van der Waals surface area contributed by atoms with Gasteiger partial charge in [-0.1, -0.05) is 23.2 Å². The normalized spacial score (nSPS) is 13.1. The van der Waals surface area contributed by atoms with Gasteiger partial charge in [0.25, 0.3) is 0 Å². The van der Waals surface area contributed by atoms with Crippen molar-refractivity contribution in [2.24, 2.45) is 5.73 Å². The third-order valence-corrected chi connectivity index (χ3v) is 2.15. The van der Waals surface area contributed by atoms with E-state index in [0.717, 1.165) is 0 Å². The molecule has 0 radical (unpaired) electrons. The maximum atomic E-state index is 12.9. The molecule has 2 N–H and O–H groups in total. The van der Waals surface area contributed by atoms with Gasteiger partial charge in [0.05, 0.1) is 5.02 Å². The largest absolute Gasteiger partial charge is 0.324 e. The van der Waals surface area contributed by atoms with Gasteiger partial charge in [0.15, 0.2) is 0 Å². The standard InChI is InChI=1S/C8H8Cl2FN/c1-4(12)5-2-8(11)7(10)3-6(5)9/h2-4H,12H2,1H3. The summed E-state index contributed by atoms with van der Waals surface area (Å²) in [6.45, 7) is 1.73. The second-order valence-corrected chi connectivity index (χ2v) is 3.39. The molecule has 0 saturated carbocycles. The van der Waals surface area contributed by atoms with E-state index in [2.05, 4.69) is 0 Å². The summed E-state index contributed by atoms with van der Waals surface area (Å²) < 4.78 is 12.9. The summed E-state index contributed by atoms with van der Waals surface area (Å²) in [7, 11) is 0. The maximum absolute atomic E-state index is 12.9. The number of rotatable bonds is 1. The molecule has 0 aliphatic rings. The summed E-state index contributed by atoms with van der Waals surface area (Å²) in [5.41, 5.74) is 6.11. The Labute approximate surface area is 80.3 Å². The lowest BCUT2D eigenvalue weighted by molar-refractivity contribution is 0.623. The van der Waals surface area contributed by atoms with Crippen molar-refractivity contribution in [2.75, 3.05) is 0 Å².